The molecule has 2 unspecified atom stereocenters. The molecule has 0 aromatic heterocycles. The highest BCUT2D eigenvalue weighted by Crippen LogP contribution is 2.33. The number of carbonyl (C=O) groups is 1. The van der Waals surface area contributed by atoms with Crippen molar-refractivity contribution in [2.45, 2.75) is 32.4 Å². The number of anilines is 1. The number of nitrogens with one attached hydrogen (secondary N) is 2. The zero-order valence-electron chi connectivity index (χ0n) is 17.3. The monoisotopic (exact) mass is 401 g/mol. The number of methoxy groups -OCH3 is 2. The van der Waals surface area contributed by atoms with Crippen LogP contribution in [0.5, 0.6) is 11.5 Å². The minimum atomic E-state index is -0.527. The maximum Gasteiger partial charge on any atom is 0.315 e. The van der Waals surface area contributed by atoms with Gasteiger partial charge in [0.1, 0.15) is 5.82 Å². The Bertz CT molecular complexity index is 874. The number of halogens is 1. The van der Waals surface area contributed by atoms with Crippen LogP contribution in [0.3, 0.4) is 0 Å². The molecule has 1 aliphatic heterocycles. The van der Waals surface area contributed by atoms with Crippen LogP contribution in [-0.2, 0) is 6.42 Å². The van der Waals surface area contributed by atoms with E-state index >= 15 is 0 Å². The van der Waals surface area contributed by atoms with Gasteiger partial charge in [-0.25, -0.2) is 9.18 Å². The van der Waals surface area contributed by atoms with Gasteiger partial charge in [-0.3, -0.25) is 0 Å². The van der Waals surface area contributed by atoms with E-state index < -0.39 is 11.9 Å². The van der Waals surface area contributed by atoms with Gasteiger partial charge in [0, 0.05) is 36.4 Å². The minimum absolute atomic E-state index is 0.311. The predicted octanol–water partition coefficient (Wildman–Crippen LogP) is 3.65. The molecule has 0 radical (unpaired) electrons. The number of rotatable bonds is 7. The lowest BCUT2D eigenvalue weighted by molar-refractivity contribution is 0.238. The summed E-state index contributed by atoms with van der Waals surface area (Å²) in [6.45, 7) is 5.11. The van der Waals surface area contributed by atoms with Crippen LogP contribution < -0.4 is 25.0 Å². The molecule has 2 N–H and O–H groups in total. The van der Waals surface area contributed by atoms with Crippen LogP contribution in [0.15, 0.2) is 36.4 Å². The number of benzene rings is 2. The van der Waals surface area contributed by atoms with Gasteiger partial charge < -0.3 is 25.0 Å². The SMILES string of the molecule is COc1cc(F)c(C(C)NC(=O)NCCN2c3ccccc3CC2C)cc1OC. The Hall–Kier alpha value is -2.96. The zero-order chi connectivity index (χ0) is 21.0. The van der Waals surface area contributed by atoms with E-state index in [1.807, 2.05) is 6.07 Å². The van der Waals surface area contributed by atoms with E-state index in [2.05, 4.69) is 40.7 Å². The van der Waals surface area contributed by atoms with E-state index in [1.165, 1.54) is 31.5 Å². The van der Waals surface area contributed by atoms with Gasteiger partial charge in [-0.1, -0.05) is 18.2 Å². The first-order chi connectivity index (χ1) is 13.9. The van der Waals surface area contributed by atoms with Crippen molar-refractivity contribution in [2.24, 2.45) is 0 Å². The maximum absolute atomic E-state index is 14.4. The highest BCUT2D eigenvalue weighted by molar-refractivity contribution is 5.74. The van der Waals surface area contributed by atoms with Gasteiger partial charge in [-0.2, -0.15) is 0 Å². The van der Waals surface area contributed by atoms with Crippen molar-refractivity contribution in [1.82, 2.24) is 10.6 Å². The predicted molar refractivity (Wildman–Crippen MR) is 111 cm³/mol. The van der Waals surface area contributed by atoms with Crippen molar-refractivity contribution < 1.29 is 18.7 Å². The number of hydrogen-bond acceptors (Lipinski definition) is 4. The summed E-state index contributed by atoms with van der Waals surface area (Å²) in [7, 11) is 2.94. The van der Waals surface area contributed by atoms with Gasteiger partial charge in [0.05, 0.1) is 20.3 Å². The lowest BCUT2D eigenvalue weighted by Crippen LogP contribution is -2.42. The molecule has 2 aromatic rings. The second-order valence-electron chi connectivity index (χ2n) is 7.23. The summed E-state index contributed by atoms with van der Waals surface area (Å²) in [5, 5.41) is 5.64. The van der Waals surface area contributed by atoms with Crippen molar-refractivity contribution in [3.05, 3.63) is 53.3 Å². The summed E-state index contributed by atoms with van der Waals surface area (Å²) >= 11 is 0. The topological polar surface area (TPSA) is 62.8 Å². The van der Waals surface area contributed by atoms with E-state index in [0.717, 1.165) is 6.42 Å². The highest BCUT2D eigenvalue weighted by atomic mass is 19.1. The number of urea groups is 1. The molecule has 2 aromatic carbocycles. The van der Waals surface area contributed by atoms with E-state index in [0.29, 0.717) is 36.2 Å². The number of nitrogens with zero attached hydrogens (tertiary/aromatic N) is 1. The molecule has 0 saturated carbocycles. The fourth-order valence-corrected chi connectivity index (χ4v) is 3.79. The molecule has 0 aliphatic carbocycles. The lowest BCUT2D eigenvalue weighted by Gasteiger charge is -2.25. The summed E-state index contributed by atoms with van der Waals surface area (Å²) in [5.41, 5.74) is 2.89. The molecular weight excluding hydrogens is 373 g/mol. The third-order valence-corrected chi connectivity index (χ3v) is 5.30. The van der Waals surface area contributed by atoms with Gasteiger partial charge in [-0.05, 0) is 38.0 Å². The molecule has 0 bridgehead atoms. The minimum Gasteiger partial charge on any atom is -0.493 e. The largest absolute Gasteiger partial charge is 0.493 e. The van der Waals surface area contributed by atoms with E-state index in [1.54, 1.807) is 13.0 Å². The molecule has 29 heavy (non-hydrogen) atoms. The molecule has 1 aliphatic rings. The third-order valence-electron chi connectivity index (χ3n) is 5.30. The van der Waals surface area contributed by atoms with E-state index in [-0.39, 0.29) is 6.03 Å². The number of ether oxygens (including phenoxy) is 2. The second kappa shape index (κ2) is 9.03. The van der Waals surface area contributed by atoms with Crippen molar-refractivity contribution >= 4 is 11.7 Å². The van der Waals surface area contributed by atoms with Gasteiger partial charge in [0.15, 0.2) is 11.5 Å². The molecule has 2 atom stereocenters. The summed E-state index contributed by atoms with van der Waals surface area (Å²) in [4.78, 5) is 14.6. The summed E-state index contributed by atoms with van der Waals surface area (Å²) in [6.07, 6.45) is 1.01. The molecule has 1 heterocycles. The van der Waals surface area contributed by atoms with Gasteiger partial charge in [-0.15, -0.1) is 0 Å². The van der Waals surface area contributed by atoms with Crippen LogP contribution >= 0.6 is 0 Å². The quantitative estimate of drug-likeness (QED) is 0.743. The fourth-order valence-electron chi connectivity index (χ4n) is 3.79. The number of amides is 2. The number of carbonyl (C=O) groups excluding carboxylic acids is 1. The number of fused-ring (bicyclic) bond motifs is 1. The zero-order valence-corrected chi connectivity index (χ0v) is 17.3. The summed E-state index contributed by atoms with van der Waals surface area (Å²) in [6, 6.07) is 10.7. The first-order valence-electron chi connectivity index (χ1n) is 9.75. The first kappa shape index (κ1) is 20.8. The Morgan fingerprint density at radius 2 is 1.93 bits per heavy atom. The number of para-hydroxylation sites is 1. The smallest absolute Gasteiger partial charge is 0.315 e. The normalized spacial score (nSPS) is 16.2. The van der Waals surface area contributed by atoms with Crippen molar-refractivity contribution in [1.29, 1.82) is 0 Å². The van der Waals surface area contributed by atoms with Crippen LogP contribution in [0.1, 0.15) is 31.0 Å². The average Bonchev–Trinajstić information content (AvgIpc) is 3.02. The van der Waals surface area contributed by atoms with Crippen LogP contribution in [0.2, 0.25) is 0 Å². The molecule has 6 nitrogen and oxygen atoms in total. The van der Waals surface area contributed by atoms with Crippen molar-refractivity contribution in [3.8, 4) is 11.5 Å². The average molecular weight is 401 g/mol. The fraction of sp³-hybridized carbons (Fsp3) is 0.409. The molecule has 0 saturated heterocycles. The molecule has 156 valence electrons. The summed E-state index contributed by atoms with van der Waals surface area (Å²) < 4.78 is 24.7. The Morgan fingerprint density at radius 1 is 1.24 bits per heavy atom. The molecular formula is C22H28FN3O3. The Morgan fingerprint density at radius 3 is 2.66 bits per heavy atom. The van der Waals surface area contributed by atoms with Crippen LogP contribution in [-0.4, -0.2) is 39.4 Å². The molecule has 3 rings (SSSR count). The molecule has 7 heteroatoms. The van der Waals surface area contributed by atoms with Crippen LogP contribution in [0.25, 0.3) is 0 Å². The highest BCUT2D eigenvalue weighted by Gasteiger charge is 2.25. The Kier molecular flexibility index (Phi) is 6.46. The summed E-state index contributed by atoms with van der Waals surface area (Å²) in [5.74, 6) is 0.267. The standard InChI is InChI=1S/C22H28FN3O3/c1-14-11-16-7-5-6-8-19(16)26(14)10-9-24-22(27)25-15(2)17-12-20(28-3)21(29-4)13-18(17)23/h5-8,12-15H,9-11H2,1-4H3,(H2,24,25,27). The van der Waals surface area contributed by atoms with Gasteiger partial charge in [0.25, 0.3) is 0 Å². The second-order valence-corrected chi connectivity index (χ2v) is 7.23. The third kappa shape index (κ3) is 4.55. The van der Waals surface area contributed by atoms with E-state index in [4.69, 9.17) is 9.47 Å². The Labute approximate surface area is 171 Å². The first-order valence-corrected chi connectivity index (χ1v) is 9.75. The van der Waals surface area contributed by atoms with Gasteiger partial charge in [0.2, 0.25) is 0 Å². The lowest BCUT2D eigenvalue weighted by atomic mass is 10.1. The van der Waals surface area contributed by atoms with Crippen LogP contribution in [0, 0.1) is 5.82 Å². The van der Waals surface area contributed by atoms with Gasteiger partial charge >= 0.3 is 6.03 Å². The number of hydrogen-bond donors (Lipinski definition) is 2. The maximum atomic E-state index is 14.4. The van der Waals surface area contributed by atoms with Crippen molar-refractivity contribution in [3.63, 3.8) is 0 Å². The van der Waals surface area contributed by atoms with Crippen LogP contribution in [0.4, 0.5) is 14.9 Å². The molecule has 0 spiro atoms. The Balaban J connectivity index is 1.55. The molecule has 0 fully saturated rings. The molecule has 2 amide bonds. The van der Waals surface area contributed by atoms with Crippen molar-refractivity contribution in [2.75, 3.05) is 32.2 Å². The van der Waals surface area contributed by atoms with E-state index in [9.17, 15) is 9.18 Å².